The molecule has 2 rings (SSSR count). The fourth-order valence-corrected chi connectivity index (χ4v) is 3.24. The quantitative estimate of drug-likeness (QED) is 0.704. The minimum Gasteiger partial charge on any atom is -0.469 e. The molecule has 0 saturated carbocycles. The summed E-state index contributed by atoms with van der Waals surface area (Å²) in [4.78, 5) is 25.8. The topological polar surface area (TPSA) is 93.3 Å². The normalized spacial score (nSPS) is 11.0. The van der Waals surface area contributed by atoms with Gasteiger partial charge in [-0.05, 0) is 33.8 Å². The first-order chi connectivity index (χ1) is 12.3. The molecule has 0 spiro atoms. The van der Waals surface area contributed by atoms with Gasteiger partial charge in [-0.25, -0.2) is 0 Å². The third-order valence-corrected chi connectivity index (χ3v) is 4.78. The molecule has 8 nitrogen and oxygen atoms in total. The molecule has 0 saturated heterocycles. The van der Waals surface area contributed by atoms with E-state index in [1.807, 2.05) is 45.4 Å². The van der Waals surface area contributed by atoms with Crippen LogP contribution in [0.25, 0.3) is 11.4 Å². The number of amides is 2. The van der Waals surface area contributed by atoms with Crippen LogP contribution in [0, 0.1) is 6.92 Å². The highest BCUT2D eigenvalue weighted by molar-refractivity contribution is 7.99. The Morgan fingerprint density at radius 3 is 2.69 bits per heavy atom. The number of hydrogen-bond donors (Lipinski definition) is 1. The summed E-state index contributed by atoms with van der Waals surface area (Å²) in [6, 6.07) is 1.89. The second kappa shape index (κ2) is 8.88. The lowest BCUT2D eigenvalue weighted by Gasteiger charge is -2.20. The largest absolute Gasteiger partial charge is 0.469 e. The number of aromatic nitrogens is 3. The molecule has 1 N–H and O–H groups in total. The van der Waals surface area contributed by atoms with Crippen LogP contribution in [0.4, 0.5) is 0 Å². The van der Waals surface area contributed by atoms with Gasteiger partial charge in [0.15, 0.2) is 11.0 Å². The summed E-state index contributed by atoms with van der Waals surface area (Å²) in [6.07, 6.45) is 1.61. The van der Waals surface area contributed by atoms with E-state index < -0.39 is 0 Å². The van der Waals surface area contributed by atoms with E-state index in [4.69, 9.17) is 4.42 Å². The van der Waals surface area contributed by atoms with Crippen molar-refractivity contribution in [2.75, 3.05) is 18.8 Å². The number of nitrogens with zero attached hydrogens (tertiary/aromatic N) is 4. The molecule has 0 aromatic carbocycles. The van der Waals surface area contributed by atoms with Gasteiger partial charge in [0.05, 0.1) is 24.1 Å². The van der Waals surface area contributed by atoms with Crippen molar-refractivity contribution in [2.24, 2.45) is 7.05 Å². The van der Waals surface area contributed by atoms with Crippen molar-refractivity contribution in [2.45, 2.75) is 38.9 Å². The lowest BCUT2D eigenvalue weighted by Crippen LogP contribution is -2.43. The van der Waals surface area contributed by atoms with E-state index in [1.165, 1.54) is 16.7 Å². The molecule has 0 aliphatic rings. The zero-order valence-corrected chi connectivity index (χ0v) is 16.6. The van der Waals surface area contributed by atoms with E-state index in [2.05, 4.69) is 15.5 Å². The van der Waals surface area contributed by atoms with Crippen LogP contribution in [-0.2, 0) is 16.6 Å². The average Bonchev–Trinajstić information content (AvgIpc) is 3.15. The maximum Gasteiger partial charge on any atom is 0.239 e. The van der Waals surface area contributed by atoms with Crippen LogP contribution in [0.5, 0.6) is 0 Å². The molecule has 0 bridgehead atoms. The highest BCUT2D eigenvalue weighted by atomic mass is 32.2. The number of thioether (sulfide) groups is 1. The summed E-state index contributed by atoms with van der Waals surface area (Å²) >= 11 is 1.30. The van der Waals surface area contributed by atoms with Crippen molar-refractivity contribution in [3.63, 3.8) is 0 Å². The van der Waals surface area contributed by atoms with E-state index in [0.717, 1.165) is 11.3 Å². The van der Waals surface area contributed by atoms with Crippen LogP contribution in [0.3, 0.4) is 0 Å². The van der Waals surface area contributed by atoms with Crippen molar-refractivity contribution < 1.29 is 14.0 Å². The van der Waals surface area contributed by atoms with Gasteiger partial charge in [0.25, 0.3) is 0 Å². The highest BCUT2D eigenvalue weighted by Gasteiger charge is 2.19. The van der Waals surface area contributed by atoms with E-state index in [0.29, 0.717) is 17.5 Å². The van der Waals surface area contributed by atoms with Gasteiger partial charge < -0.3 is 19.2 Å². The van der Waals surface area contributed by atoms with Crippen LogP contribution in [0.1, 0.15) is 26.5 Å². The van der Waals surface area contributed by atoms with Gasteiger partial charge in [-0.2, -0.15) is 0 Å². The van der Waals surface area contributed by atoms with E-state index in [-0.39, 0.29) is 30.2 Å². The molecule has 2 aromatic rings. The number of rotatable bonds is 8. The Morgan fingerprint density at radius 2 is 2.12 bits per heavy atom. The molecule has 0 aliphatic carbocycles. The van der Waals surface area contributed by atoms with Gasteiger partial charge in [0, 0.05) is 19.6 Å². The average molecular weight is 379 g/mol. The lowest BCUT2D eigenvalue weighted by atomic mass is 10.2. The Labute approximate surface area is 157 Å². The zero-order valence-electron chi connectivity index (χ0n) is 15.8. The minimum atomic E-state index is -0.156. The molecule has 0 atom stereocenters. The zero-order chi connectivity index (χ0) is 19.3. The van der Waals surface area contributed by atoms with Gasteiger partial charge in [-0.3, -0.25) is 9.59 Å². The first-order valence-electron chi connectivity index (χ1n) is 8.47. The number of hydrogen-bond acceptors (Lipinski definition) is 6. The lowest BCUT2D eigenvalue weighted by molar-refractivity contribution is -0.134. The van der Waals surface area contributed by atoms with Crippen LogP contribution >= 0.6 is 11.8 Å². The Morgan fingerprint density at radius 1 is 1.38 bits per heavy atom. The molecular weight excluding hydrogens is 354 g/mol. The molecule has 2 amide bonds. The number of likely N-dealkylation sites (N-methyl/N-ethyl adjacent to an activating group) is 1. The molecule has 0 unspecified atom stereocenters. The summed E-state index contributed by atoms with van der Waals surface area (Å²) in [6.45, 7) is 8.03. The number of carbonyl (C=O) groups excluding carboxylic acids is 2. The molecule has 0 fully saturated rings. The van der Waals surface area contributed by atoms with E-state index >= 15 is 0 Å². The summed E-state index contributed by atoms with van der Waals surface area (Å²) < 4.78 is 7.14. The SMILES string of the molecule is CCN(CC(=O)NC(C)C)C(=O)CSc1nnc(-c2ccoc2C)n1C. The number of carbonyl (C=O) groups is 2. The van der Waals surface area contributed by atoms with Gasteiger partial charge in [0.1, 0.15) is 5.76 Å². The maximum absolute atomic E-state index is 12.4. The number of furan rings is 1. The van der Waals surface area contributed by atoms with Crippen molar-refractivity contribution in [1.29, 1.82) is 0 Å². The van der Waals surface area contributed by atoms with Crippen molar-refractivity contribution in [1.82, 2.24) is 25.0 Å². The number of aryl methyl sites for hydroxylation is 1. The highest BCUT2D eigenvalue weighted by Crippen LogP contribution is 2.25. The molecule has 142 valence electrons. The third-order valence-electron chi connectivity index (χ3n) is 3.78. The van der Waals surface area contributed by atoms with Crippen molar-refractivity contribution >= 4 is 23.6 Å². The smallest absolute Gasteiger partial charge is 0.239 e. The molecule has 0 aliphatic heterocycles. The summed E-state index contributed by atoms with van der Waals surface area (Å²) in [5.41, 5.74) is 0.874. The predicted molar refractivity (Wildman–Crippen MR) is 99.7 cm³/mol. The van der Waals surface area contributed by atoms with E-state index in [1.54, 1.807) is 6.26 Å². The third kappa shape index (κ3) is 4.87. The van der Waals surface area contributed by atoms with E-state index in [9.17, 15) is 9.59 Å². The van der Waals surface area contributed by atoms with Crippen molar-refractivity contribution in [3.8, 4) is 11.4 Å². The van der Waals surface area contributed by atoms with Gasteiger partial charge in [-0.15, -0.1) is 10.2 Å². The van der Waals surface area contributed by atoms with Gasteiger partial charge in [-0.1, -0.05) is 11.8 Å². The van der Waals surface area contributed by atoms with Crippen LogP contribution in [0.15, 0.2) is 21.9 Å². The van der Waals surface area contributed by atoms with Gasteiger partial charge in [0.2, 0.25) is 11.8 Å². The molecule has 2 heterocycles. The molecule has 2 aromatic heterocycles. The predicted octanol–water partition coefficient (Wildman–Crippen LogP) is 1.85. The summed E-state index contributed by atoms with van der Waals surface area (Å²) in [7, 11) is 1.85. The minimum absolute atomic E-state index is 0.0501. The summed E-state index contributed by atoms with van der Waals surface area (Å²) in [5.74, 6) is 1.38. The molecule has 9 heteroatoms. The Bertz CT molecular complexity index is 768. The second-order valence-electron chi connectivity index (χ2n) is 6.17. The summed E-state index contributed by atoms with van der Waals surface area (Å²) in [5, 5.41) is 11.8. The van der Waals surface area contributed by atoms with Crippen LogP contribution in [-0.4, -0.2) is 56.4 Å². The first kappa shape index (κ1) is 20.0. The second-order valence-corrected chi connectivity index (χ2v) is 7.12. The van der Waals surface area contributed by atoms with Crippen LogP contribution < -0.4 is 5.32 Å². The Kier molecular flexibility index (Phi) is 6.84. The molecule has 0 radical (unpaired) electrons. The fourth-order valence-electron chi connectivity index (χ4n) is 2.43. The standard InChI is InChI=1S/C17H25N5O3S/c1-6-22(9-14(23)18-11(2)3)15(24)10-26-17-20-19-16(21(17)5)13-7-8-25-12(13)4/h7-8,11H,6,9-10H2,1-5H3,(H,18,23). The monoisotopic (exact) mass is 379 g/mol. The van der Waals surface area contributed by atoms with Crippen LogP contribution in [0.2, 0.25) is 0 Å². The molecule has 26 heavy (non-hydrogen) atoms. The Balaban J connectivity index is 1.97. The number of nitrogens with one attached hydrogen (secondary N) is 1. The first-order valence-corrected chi connectivity index (χ1v) is 9.45. The van der Waals surface area contributed by atoms with Gasteiger partial charge >= 0.3 is 0 Å². The fraction of sp³-hybridized carbons (Fsp3) is 0.529. The van der Waals surface area contributed by atoms with Crippen molar-refractivity contribution in [3.05, 3.63) is 18.1 Å². The Hall–Kier alpha value is -2.29. The maximum atomic E-state index is 12.4. The molecular formula is C17H25N5O3S.